The van der Waals surface area contributed by atoms with Gasteiger partial charge < -0.3 is 20.6 Å². The van der Waals surface area contributed by atoms with Crippen LogP contribution in [0.3, 0.4) is 0 Å². The number of carboxylic acid groups (broad SMARTS) is 1. The molecule has 0 bridgehead atoms. The Morgan fingerprint density at radius 2 is 1.63 bits per heavy atom. The van der Waals surface area contributed by atoms with E-state index in [1.807, 2.05) is 0 Å². The number of hydrogen-bond donors (Lipinski definition) is 3. The van der Waals surface area contributed by atoms with Gasteiger partial charge in [-0.1, -0.05) is 27.7 Å². The van der Waals surface area contributed by atoms with Crippen molar-refractivity contribution in [2.24, 2.45) is 0 Å². The predicted octanol–water partition coefficient (Wildman–Crippen LogP) is 1.27. The number of carbonyl (C=O) groups is 2. The van der Waals surface area contributed by atoms with Crippen LogP contribution in [0.25, 0.3) is 0 Å². The van der Waals surface area contributed by atoms with E-state index in [1.54, 1.807) is 13.8 Å². The van der Waals surface area contributed by atoms with Crippen LogP contribution in [0.5, 0.6) is 0 Å². The van der Waals surface area contributed by atoms with Crippen LogP contribution in [0.4, 0.5) is 4.79 Å². The third-order valence-corrected chi connectivity index (χ3v) is 3.58. The maximum atomic E-state index is 11.7. The zero-order valence-corrected chi connectivity index (χ0v) is 12.5. The van der Waals surface area contributed by atoms with Crippen molar-refractivity contribution in [1.29, 1.82) is 0 Å². The van der Waals surface area contributed by atoms with Crippen molar-refractivity contribution < 1.29 is 14.7 Å². The van der Waals surface area contributed by atoms with Crippen molar-refractivity contribution in [3.8, 4) is 0 Å². The van der Waals surface area contributed by atoms with Crippen LogP contribution >= 0.6 is 0 Å². The minimum atomic E-state index is -1.17. The van der Waals surface area contributed by atoms with Crippen molar-refractivity contribution >= 4 is 12.0 Å². The minimum absolute atomic E-state index is 0.363. The van der Waals surface area contributed by atoms with Crippen LogP contribution in [0.1, 0.15) is 40.5 Å². The second-order valence-corrected chi connectivity index (χ2v) is 4.50. The van der Waals surface area contributed by atoms with Crippen LogP contribution in [0.15, 0.2) is 0 Å². The molecule has 0 aliphatic heterocycles. The number of urea groups is 1. The highest BCUT2D eigenvalue weighted by atomic mass is 16.4. The molecule has 3 N–H and O–H groups in total. The first-order valence-corrected chi connectivity index (χ1v) is 6.97. The van der Waals surface area contributed by atoms with E-state index >= 15 is 0 Å². The normalized spacial score (nSPS) is 11.4. The van der Waals surface area contributed by atoms with Gasteiger partial charge in [0.2, 0.25) is 0 Å². The molecule has 0 aliphatic rings. The highest BCUT2D eigenvalue weighted by Gasteiger charge is 2.36. The van der Waals surface area contributed by atoms with Gasteiger partial charge in [0, 0.05) is 13.1 Å². The number of hydrogen-bond acceptors (Lipinski definition) is 3. The predicted molar refractivity (Wildman–Crippen MR) is 75.3 cm³/mol. The fourth-order valence-electron chi connectivity index (χ4n) is 1.91. The van der Waals surface area contributed by atoms with Gasteiger partial charge in [-0.25, -0.2) is 9.59 Å². The molecular formula is C13H27N3O3. The molecule has 0 heterocycles. The summed E-state index contributed by atoms with van der Waals surface area (Å²) >= 11 is 0. The Balaban J connectivity index is 4.25. The molecule has 0 aromatic rings. The number of amides is 2. The van der Waals surface area contributed by atoms with Crippen LogP contribution < -0.4 is 10.6 Å². The molecule has 0 radical (unpaired) electrons. The fraction of sp³-hybridized carbons (Fsp3) is 0.846. The van der Waals surface area contributed by atoms with E-state index in [2.05, 4.69) is 29.4 Å². The zero-order chi connectivity index (χ0) is 14.9. The molecule has 6 heteroatoms. The number of carboxylic acids is 1. The SMILES string of the molecule is CCN(CC)CCNC(=O)NC(CC)(CC)C(=O)O. The van der Waals surface area contributed by atoms with Gasteiger partial charge in [0.1, 0.15) is 5.54 Å². The van der Waals surface area contributed by atoms with Crippen molar-refractivity contribution in [2.75, 3.05) is 26.2 Å². The summed E-state index contributed by atoms with van der Waals surface area (Å²) < 4.78 is 0. The molecule has 0 saturated heterocycles. The van der Waals surface area contributed by atoms with E-state index in [4.69, 9.17) is 0 Å². The highest BCUT2D eigenvalue weighted by Crippen LogP contribution is 2.14. The summed E-state index contributed by atoms with van der Waals surface area (Å²) in [7, 11) is 0. The summed E-state index contributed by atoms with van der Waals surface area (Å²) in [5.41, 5.74) is -1.17. The first-order chi connectivity index (χ1) is 8.95. The molecule has 6 nitrogen and oxygen atoms in total. The largest absolute Gasteiger partial charge is 0.480 e. The van der Waals surface area contributed by atoms with Gasteiger partial charge in [0.15, 0.2) is 0 Å². The number of aliphatic carboxylic acids is 1. The van der Waals surface area contributed by atoms with Gasteiger partial charge in [-0.15, -0.1) is 0 Å². The van der Waals surface area contributed by atoms with Gasteiger partial charge in [0.05, 0.1) is 0 Å². The summed E-state index contributed by atoms with van der Waals surface area (Å²) in [5, 5.41) is 14.5. The van der Waals surface area contributed by atoms with Crippen molar-refractivity contribution in [2.45, 2.75) is 46.1 Å². The Kier molecular flexibility index (Phi) is 8.14. The van der Waals surface area contributed by atoms with Gasteiger partial charge in [-0.2, -0.15) is 0 Å². The number of nitrogens with zero attached hydrogens (tertiary/aromatic N) is 1. The molecule has 0 rings (SSSR count). The van der Waals surface area contributed by atoms with E-state index < -0.39 is 17.5 Å². The van der Waals surface area contributed by atoms with Gasteiger partial charge in [0.25, 0.3) is 0 Å². The quantitative estimate of drug-likeness (QED) is 0.591. The van der Waals surface area contributed by atoms with Gasteiger partial charge in [-0.3, -0.25) is 0 Å². The molecule has 0 spiro atoms. The zero-order valence-electron chi connectivity index (χ0n) is 12.5. The number of nitrogens with one attached hydrogen (secondary N) is 2. The lowest BCUT2D eigenvalue weighted by atomic mass is 9.93. The van der Waals surface area contributed by atoms with Gasteiger partial charge in [-0.05, 0) is 25.9 Å². The number of carbonyl (C=O) groups excluding carboxylic acids is 1. The molecule has 0 fully saturated rings. The maximum Gasteiger partial charge on any atom is 0.329 e. The average Bonchev–Trinajstić information content (AvgIpc) is 2.40. The maximum absolute atomic E-state index is 11.7. The van der Waals surface area contributed by atoms with Crippen molar-refractivity contribution in [1.82, 2.24) is 15.5 Å². The molecule has 0 aliphatic carbocycles. The highest BCUT2D eigenvalue weighted by molar-refractivity contribution is 5.86. The van der Waals surface area contributed by atoms with E-state index in [0.29, 0.717) is 19.4 Å². The average molecular weight is 273 g/mol. The molecule has 0 aromatic heterocycles. The van der Waals surface area contributed by atoms with Crippen LogP contribution in [-0.2, 0) is 4.79 Å². The molecule has 19 heavy (non-hydrogen) atoms. The Morgan fingerprint density at radius 1 is 1.11 bits per heavy atom. The standard InChI is InChI=1S/C13H27N3O3/c1-5-13(6-2,11(17)18)15-12(19)14-9-10-16(7-3)8-4/h5-10H2,1-4H3,(H,17,18)(H2,14,15,19). The summed E-state index contributed by atoms with van der Waals surface area (Å²) in [5.74, 6) is -0.989. The summed E-state index contributed by atoms with van der Waals surface area (Å²) in [6.45, 7) is 10.8. The van der Waals surface area contributed by atoms with Crippen LogP contribution in [0.2, 0.25) is 0 Å². The Hall–Kier alpha value is -1.30. The molecule has 0 saturated carbocycles. The van der Waals surface area contributed by atoms with Crippen molar-refractivity contribution in [3.05, 3.63) is 0 Å². The van der Waals surface area contributed by atoms with E-state index in [-0.39, 0.29) is 0 Å². The van der Waals surface area contributed by atoms with E-state index in [0.717, 1.165) is 19.6 Å². The topological polar surface area (TPSA) is 81.7 Å². The molecular weight excluding hydrogens is 246 g/mol. The first kappa shape index (κ1) is 17.7. The third kappa shape index (κ3) is 5.46. The smallest absolute Gasteiger partial charge is 0.329 e. The summed E-state index contributed by atoms with van der Waals surface area (Å²) in [6.07, 6.45) is 0.727. The van der Waals surface area contributed by atoms with E-state index in [9.17, 15) is 14.7 Å². The van der Waals surface area contributed by atoms with E-state index in [1.165, 1.54) is 0 Å². The summed E-state index contributed by atoms with van der Waals surface area (Å²) in [4.78, 5) is 25.2. The molecule has 0 atom stereocenters. The lowest BCUT2D eigenvalue weighted by Crippen LogP contribution is -2.57. The van der Waals surface area contributed by atoms with Gasteiger partial charge >= 0.3 is 12.0 Å². The Morgan fingerprint density at radius 3 is 2.00 bits per heavy atom. The Labute approximate surface area is 115 Å². The van der Waals surface area contributed by atoms with Crippen molar-refractivity contribution in [3.63, 3.8) is 0 Å². The first-order valence-electron chi connectivity index (χ1n) is 6.97. The van der Waals surface area contributed by atoms with Crippen LogP contribution in [-0.4, -0.2) is 53.7 Å². The Bertz CT molecular complexity index is 287. The summed E-state index contributed by atoms with van der Waals surface area (Å²) in [6, 6.07) is -0.418. The molecule has 0 unspecified atom stereocenters. The molecule has 0 aromatic carbocycles. The lowest BCUT2D eigenvalue weighted by Gasteiger charge is -2.28. The molecule has 2 amide bonds. The second-order valence-electron chi connectivity index (χ2n) is 4.50. The second kappa shape index (κ2) is 8.74. The molecule has 112 valence electrons. The lowest BCUT2D eigenvalue weighted by molar-refractivity contribution is -0.144. The number of likely N-dealkylation sites (N-methyl/N-ethyl adjacent to an activating group) is 1. The van der Waals surface area contributed by atoms with Crippen LogP contribution in [0, 0.1) is 0 Å². The minimum Gasteiger partial charge on any atom is -0.480 e. The fourth-order valence-corrected chi connectivity index (χ4v) is 1.91. The number of rotatable bonds is 9. The third-order valence-electron chi connectivity index (χ3n) is 3.58. The monoisotopic (exact) mass is 273 g/mol.